The van der Waals surface area contributed by atoms with Crippen LogP contribution in [-0.4, -0.2) is 57.6 Å². The number of hydrazone groups is 1. The van der Waals surface area contributed by atoms with Crippen LogP contribution in [0.15, 0.2) is 53.6 Å². The number of aromatic nitrogens is 1. The molecule has 1 amide bonds. The van der Waals surface area contributed by atoms with Gasteiger partial charge in [-0.3, -0.25) is 4.79 Å². The Bertz CT molecular complexity index is 1090. The summed E-state index contributed by atoms with van der Waals surface area (Å²) in [5.74, 6) is 0.690. The van der Waals surface area contributed by atoms with Gasteiger partial charge in [-0.1, -0.05) is 41.7 Å². The van der Waals surface area contributed by atoms with Crippen LogP contribution in [0.4, 0.5) is 5.13 Å². The third-order valence-electron chi connectivity index (χ3n) is 4.96. The average molecular weight is 453 g/mol. The lowest BCUT2D eigenvalue weighted by Gasteiger charge is -2.26. The van der Waals surface area contributed by atoms with Crippen molar-refractivity contribution in [1.82, 2.24) is 10.4 Å². The van der Waals surface area contributed by atoms with E-state index in [0.29, 0.717) is 30.3 Å². The molecule has 1 aliphatic heterocycles. The summed E-state index contributed by atoms with van der Waals surface area (Å²) in [6, 6.07) is 14.9. The van der Waals surface area contributed by atoms with Crippen LogP contribution in [-0.2, 0) is 4.74 Å². The van der Waals surface area contributed by atoms with E-state index in [-0.39, 0.29) is 5.91 Å². The van der Waals surface area contributed by atoms with Gasteiger partial charge in [-0.05, 0) is 18.2 Å². The van der Waals surface area contributed by atoms with Crippen molar-refractivity contribution >= 4 is 28.6 Å². The molecule has 0 aliphatic carbocycles. The first-order chi connectivity index (χ1) is 15.7. The van der Waals surface area contributed by atoms with Crippen LogP contribution in [0.2, 0.25) is 0 Å². The van der Waals surface area contributed by atoms with Gasteiger partial charge in [0.05, 0.1) is 44.2 Å². The van der Waals surface area contributed by atoms with E-state index in [4.69, 9.17) is 19.2 Å². The average Bonchev–Trinajstić information content (AvgIpc) is 3.28. The van der Waals surface area contributed by atoms with Gasteiger partial charge >= 0.3 is 0 Å². The maximum Gasteiger partial charge on any atom is 0.271 e. The largest absolute Gasteiger partial charge is 0.493 e. The molecule has 0 spiro atoms. The second-order valence-corrected chi connectivity index (χ2v) is 7.95. The molecule has 3 aromatic rings. The van der Waals surface area contributed by atoms with Crippen molar-refractivity contribution in [2.24, 2.45) is 5.10 Å². The number of nitrogens with zero attached hydrogens (tertiary/aromatic N) is 3. The summed E-state index contributed by atoms with van der Waals surface area (Å²) in [6.07, 6.45) is 1.64. The molecule has 1 N–H and O–H groups in total. The number of carbonyl (C=O) groups is 1. The zero-order chi connectivity index (χ0) is 22.3. The molecule has 0 saturated carbocycles. The molecule has 1 saturated heterocycles. The Balaban J connectivity index is 1.55. The molecule has 32 heavy (non-hydrogen) atoms. The number of morpholine rings is 1. The Morgan fingerprint density at radius 3 is 2.59 bits per heavy atom. The van der Waals surface area contributed by atoms with Gasteiger partial charge in [-0.25, -0.2) is 10.4 Å². The van der Waals surface area contributed by atoms with E-state index in [1.54, 1.807) is 42.9 Å². The van der Waals surface area contributed by atoms with Crippen molar-refractivity contribution in [2.45, 2.75) is 0 Å². The Kier molecular flexibility index (Phi) is 6.98. The predicted molar refractivity (Wildman–Crippen MR) is 125 cm³/mol. The minimum atomic E-state index is -0.346. The van der Waals surface area contributed by atoms with E-state index < -0.39 is 0 Å². The SMILES string of the molecule is COc1ccc(C(=O)N/N=C/c2sc(N3CCOCC3)nc2-c2ccccc2)cc1OC. The normalized spacial score (nSPS) is 13.9. The van der Waals surface area contributed by atoms with Crippen LogP contribution >= 0.6 is 11.3 Å². The van der Waals surface area contributed by atoms with Gasteiger partial charge in [0.1, 0.15) is 0 Å². The standard InChI is InChI=1S/C23H24N4O4S/c1-29-18-9-8-17(14-19(18)30-2)22(28)26-24-15-20-21(16-6-4-3-5-7-16)25-23(32-20)27-10-12-31-13-11-27/h3-9,14-15H,10-13H2,1-2H3,(H,26,28)/b24-15+. The number of rotatable bonds is 7. The first-order valence-corrected chi connectivity index (χ1v) is 11.0. The van der Waals surface area contributed by atoms with Gasteiger partial charge < -0.3 is 19.1 Å². The summed E-state index contributed by atoms with van der Waals surface area (Å²) in [4.78, 5) is 20.5. The number of thiazole rings is 1. The van der Waals surface area contributed by atoms with Gasteiger partial charge in [-0.2, -0.15) is 5.10 Å². The molecule has 2 heterocycles. The first kappa shape index (κ1) is 21.8. The summed E-state index contributed by atoms with van der Waals surface area (Å²) < 4.78 is 15.9. The lowest BCUT2D eigenvalue weighted by molar-refractivity contribution is 0.0954. The van der Waals surface area contributed by atoms with Crippen molar-refractivity contribution in [3.8, 4) is 22.8 Å². The molecule has 1 aliphatic rings. The number of amides is 1. The Morgan fingerprint density at radius 2 is 1.88 bits per heavy atom. The number of methoxy groups -OCH3 is 2. The maximum atomic E-state index is 12.6. The minimum absolute atomic E-state index is 0.346. The lowest BCUT2D eigenvalue weighted by atomic mass is 10.1. The number of carbonyl (C=O) groups excluding carboxylic acids is 1. The molecule has 2 aromatic carbocycles. The van der Waals surface area contributed by atoms with Crippen LogP contribution in [0.1, 0.15) is 15.2 Å². The van der Waals surface area contributed by atoms with Gasteiger partial charge in [-0.15, -0.1) is 0 Å². The lowest BCUT2D eigenvalue weighted by Crippen LogP contribution is -2.36. The molecule has 0 radical (unpaired) electrons. The highest BCUT2D eigenvalue weighted by molar-refractivity contribution is 7.17. The molecular formula is C23H24N4O4S. The molecule has 8 nitrogen and oxygen atoms in total. The highest BCUT2D eigenvalue weighted by Gasteiger charge is 2.19. The van der Waals surface area contributed by atoms with Crippen LogP contribution in [0, 0.1) is 0 Å². The number of hydrogen-bond acceptors (Lipinski definition) is 8. The van der Waals surface area contributed by atoms with Crippen molar-refractivity contribution in [3.05, 3.63) is 59.0 Å². The van der Waals surface area contributed by atoms with Crippen LogP contribution in [0.3, 0.4) is 0 Å². The molecule has 166 valence electrons. The first-order valence-electron chi connectivity index (χ1n) is 10.1. The summed E-state index contributed by atoms with van der Waals surface area (Å²) in [6.45, 7) is 2.97. The van der Waals surface area contributed by atoms with Crippen LogP contribution < -0.4 is 19.8 Å². The van der Waals surface area contributed by atoms with Gasteiger partial charge in [0.2, 0.25) is 0 Å². The molecule has 4 rings (SSSR count). The summed E-state index contributed by atoms with van der Waals surface area (Å²) in [5.41, 5.74) is 4.83. The number of nitrogens with one attached hydrogen (secondary N) is 1. The summed E-state index contributed by atoms with van der Waals surface area (Å²) in [7, 11) is 3.07. The monoisotopic (exact) mass is 452 g/mol. The van der Waals surface area contributed by atoms with Crippen molar-refractivity contribution in [1.29, 1.82) is 0 Å². The fraction of sp³-hybridized carbons (Fsp3) is 0.261. The van der Waals surface area contributed by atoms with E-state index in [0.717, 1.165) is 34.4 Å². The van der Waals surface area contributed by atoms with E-state index >= 15 is 0 Å². The number of benzene rings is 2. The Morgan fingerprint density at radius 1 is 1.12 bits per heavy atom. The highest BCUT2D eigenvalue weighted by Crippen LogP contribution is 2.32. The van der Waals surface area contributed by atoms with E-state index in [1.165, 1.54) is 7.11 Å². The number of hydrogen-bond donors (Lipinski definition) is 1. The highest BCUT2D eigenvalue weighted by atomic mass is 32.1. The third-order valence-corrected chi connectivity index (χ3v) is 6.02. The number of anilines is 1. The number of ether oxygens (including phenoxy) is 3. The third kappa shape index (κ3) is 4.90. The Labute approximate surface area is 190 Å². The minimum Gasteiger partial charge on any atom is -0.493 e. The fourth-order valence-corrected chi connectivity index (χ4v) is 4.30. The van der Waals surface area contributed by atoms with E-state index in [9.17, 15) is 4.79 Å². The molecule has 0 atom stereocenters. The second kappa shape index (κ2) is 10.3. The van der Waals surface area contributed by atoms with E-state index in [1.807, 2.05) is 30.3 Å². The summed E-state index contributed by atoms with van der Waals surface area (Å²) >= 11 is 1.54. The molecule has 1 fully saturated rings. The van der Waals surface area contributed by atoms with Crippen molar-refractivity contribution in [3.63, 3.8) is 0 Å². The molecule has 0 bridgehead atoms. The predicted octanol–water partition coefficient (Wildman–Crippen LogP) is 3.43. The van der Waals surface area contributed by atoms with E-state index in [2.05, 4.69) is 15.4 Å². The second-order valence-electron chi connectivity index (χ2n) is 6.94. The topological polar surface area (TPSA) is 85.3 Å². The fourth-order valence-electron chi connectivity index (χ4n) is 3.29. The van der Waals surface area contributed by atoms with Gasteiger partial charge in [0, 0.05) is 24.2 Å². The van der Waals surface area contributed by atoms with Gasteiger partial charge in [0.25, 0.3) is 5.91 Å². The Hall–Kier alpha value is -3.43. The maximum absolute atomic E-state index is 12.6. The van der Waals surface area contributed by atoms with Crippen LogP contribution in [0.25, 0.3) is 11.3 Å². The molecule has 0 unspecified atom stereocenters. The summed E-state index contributed by atoms with van der Waals surface area (Å²) in [5, 5.41) is 5.11. The molecule has 1 aromatic heterocycles. The quantitative estimate of drug-likeness (QED) is 0.437. The van der Waals surface area contributed by atoms with Crippen molar-refractivity contribution in [2.75, 3.05) is 45.4 Å². The zero-order valence-electron chi connectivity index (χ0n) is 17.9. The molecular weight excluding hydrogens is 428 g/mol. The van der Waals surface area contributed by atoms with Crippen molar-refractivity contribution < 1.29 is 19.0 Å². The smallest absolute Gasteiger partial charge is 0.271 e. The molecule has 9 heteroatoms. The zero-order valence-corrected chi connectivity index (χ0v) is 18.7. The van der Waals surface area contributed by atoms with Crippen LogP contribution in [0.5, 0.6) is 11.5 Å². The van der Waals surface area contributed by atoms with Gasteiger partial charge in [0.15, 0.2) is 16.6 Å².